The fraction of sp³-hybridized carbons (Fsp3) is 0. The monoisotopic (exact) mass is 282 g/mol. The quantitative estimate of drug-likeness (QED) is 0.502. The number of fused-ring (bicyclic) bond motifs is 1. The molecule has 3 aromatic carbocycles. The van der Waals surface area contributed by atoms with Crippen LogP contribution in [0, 0.1) is 0 Å². The normalized spacial score (nSPS) is 10.4. The predicted octanol–water partition coefficient (Wildman–Crippen LogP) is 4.71. The Labute approximate surface area is 121 Å². The lowest BCUT2D eigenvalue weighted by Gasteiger charge is -2.08. The Morgan fingerprint density at radius 3 is 2.35 bits per heavy atom. The number of carbonyl (C=O) groups excluding carboxylic acids is 1. The van der Waals surface area contributed by atoms with Crippen molar-refractivity contribution >= 4 is 28.3 Å². The molecule has 0 saturated carbocycles. The van der Waals surface area contributed by atoms with Crippen molar-refractivity contribution in [3.63, 3.8) is 0 Å². The lowest BCUT2D eigenvalue weighted by atomic mass is 10.1. The highest BCUT2D eigenvalue weighted by molar-refractivity contribution is 6.37. The summed E-state index contributed by atoms with van der Waals surface area (Å²) in [7, 11) is 0. The lowest BCUT2D eigenvalue weighted by Crippen LogP contribution is -2.08. The Hall–Kier alpha value is -2.32. The summed E-state index contributed by atoms with van der Waals surface area (Å²) in [5.41, 5.74) is 0.497. The first-order chi connectivity index (χ1) is 9.75. The molecule has 2 nitrogen and oxygen atoms in total. The predicted molar refractivity (Wildman–Crippen MR) is 80.4 cm³/mol. The van der Waals surface area contributed by atoms with Crippen LogP contribution in [0.4, 0.5) is 0 Å². The number of esters is 1. The second-order valence-corrected chi connectivity index (χ2v) is 4.73. The van der Waals surface area contributed by atoms with Crippen LogP contribution < -0.4 is 4.74 Å². The fourth-order valence-electron chi connectivity index (χ4n) is 2.03. The highest BCUT2D eigenvalue weighted by Gasteiger charge is 2.12. The van der Waals surface area contributed by atoms with Crippen LogP contribution in [-0.2, 0) is 0 Å². The van der Waals surface area contributed by atoms with Crippen molar-refractivity contribution in [1.82, 2.24) is 0 Å². The van der Waals surface area contributed by atoms with Gasteiger partial charge >= 0.3 is 5.97 Å². The highest BCUT2D eigenvalue weighted by atomic mass is 35.5. The van der Waals surface area contributed by atoms with Gasteiger partial charge in [-0.3, -0.25) is 0 Å². The number of ether oxygens (including phenoxy) is 1. The molecule has 0 saturated heterocycles. The van der Waals surface area contributed by atoms with Gasteiger partial charge in [0, 0.05) is 5.39 Å². The van der Waals surface area contributed by atoms with Gasteiger partial charge in [0.25, 0.3) is 0 Å². The first-order valence-electron chi connectivity index (χ1n) is 6.20. The van der Waals surface area contributed by atoms with Gasteiger partial charge in [-0.25, -0.2) is 4.79 Å². The number of rotatable bonds is 2. The molecule has 0 aliphatic heterocycles. The van der Waals surface area contributed by atoms with E-state index in [-0.39, 0.29) is 0 Å². The van der Waals surface area contributed by atoms with Gasteiger partial charge in [0.1, 0.15) is 5.75 Å². The Morgan fingerprint density at radius 2 is 1.55 bits per heavy atom. The van der Waals surface area contributed by atoms with Crippen LogP contribution in [-0.4, -0.2) is 5.97 Å². The lowest BCUT2D eigenvalue weighted by molar-refractivity contribution is 0.0735. The molecular formula is C17H11ClO2. The molecule has 0 unspecified atom stereocenters. The maximum Gasteiger partial charge on any atom is 0.343 e. The summed E-state index contributed by atoms with van der Waals surface area (Å²) in [6.07, 6.45) is 0. The molecule has 0 heterocycles. The van der Waals surface area contributed by atoms with Gasteiger partial charge in [-0.2, -0.15) is 0 Å². The Balaban J connectivity index is 1.95. The maximum absolute atomic E-state index is 12.0. The molecular weight excluding hydrogens is 272 g/mol. The second-order valence-electron chi connectivity index (χ2n) is 4.35. The molecule has 3 heteroatoms. The van der Waals surface area contributed by atoms with Gasteiger partial charge in [0.2, 0.25) is 0 Å². The zero-order chi connectivity index (χ0) is 13.9. The molecule has 0 aliphatic carbocycles. The summed E-state index contributed by atoms with van der Waals surface area (Å²) in [5, 5.41) is 2.33. The third-order valence-corrected chi connectivity index (χ3v) is 3.43. The number of hydrogen-bond acceptors (Lipinski definition) is 2. The van der Waals surface area contributed by atoms with Crippen molar-refractivity contribution in [2.45, 2.75) is 0 Å². The van der Waals surface area contributed by atoms with E-state index in [0.29, 0.717) is 16.3 Å². The molecule has 0 radical (unpaired) electrons. The minimum atomic E-state index is -0.414. The van der Waals surface area contributed by atoms with Crippen LogP contribution in [0.2, 0.25) is 5.02 Å². The minimum absolute atomic E-state index is 0.374. The van der Waals surface area contributed by atoms with Gasteiger partial charge in [-0.15, -0.1) is 0 Å². The average Bonchev–Trinajstić information content (AvgIpc) is 2.51. The molecule has 0 bridgehead atoms. The Morgan fingerprint density at radius 1 is 0.850 bits per heavy atom. The Kier molecular flexibility index (Phi) is 3.40. The summed E-state index contributed by atoms with van der Waals surface area (Å²) in [5.74, 6) is -0.0398. The molecule has 3 rings (SSSR count). The van der Waals surface area contributed by atoms with E-state index >= 15 is 0 Å². The van der Waals surface area contributed by atoms with Crippen molar-refractivity contribution in [3.05, 3.63) is 77.3 Å². The van der Waals surface area contributed by atoms with Crippen LogP contribution in [0.5, 0.6) is 5.75 Å². The molecule has 20 heavy (non-hydrogen) atoms. The van der Waals surface area contributed by atoms with E-state index < -0.39 is 5.97 Å². The number of hydrogen-bond donors (Lipinski definition) is 0. The fourth-order valence-corrected chi connectivity index (χ4v) is 2.30. The number of carbonyl (C=O) groups is 1. The Bertz CT molecular complexity index is 766. The molecule has 0 atom stereocenters. The van der Waals surface area contributed by atoms with Crippen molar-refractivity contribution in [1.29, 1.82) is 0 Å². The third-order valence-electron chi connectivity index (χ3n) is 3.04. The van der Waals surface area contributed by atoms with Crippen LogP contribution in [0.3, 0.4) is 0 Å². The first kappa shape index (κ1) is 12.7. The van der Waals surface area contributed by atoms with Crippen molar-refractivity contribution < 1.29 is 9.53 Å². The van der Waals surface area contributed by atoms with Gasteiger partial charge in [0.15, 0.2) is 0 Å². The van der Waals surface area contributed by atoms with Crippen LogP contribution in [0.1, 0.15) is 10.4 Å². The maximum atomic E-state index is 12.0. The standard InChI is InChI=1S/C17H11ClO2/c18-16-14-9-5-4-6-12(14)10-11-15(16)20-17(19)13-7-2-1-3-8-13/h1-11H. The zero-order valence-corrected chi connectivity index (χ0v) is 11.3. The summed E-state index contributed by atoms with van der Waals surface area (Å²) in [4.78, 5) is 12.0. The van der Waals surface area contributed by atoms with Crippen LogP contribution in [0.15, 0.2) is 66.7 Å². The van der Waals surface area contributed by atoms with Crippen LogP contribution >= 0.6 is 11.6 Å². The molecule has 0 N–H and O–H groups in total. The molecule has 0 amide bonds. The van der Waals surface area contributed by atoms with Gasteiger partial charge < -0.3 is 4.74 Å². The first-order valence-corrected chi connectivity index (χ1v) is 6.58. The average molecular weight is 283 g/mol. The third kappa shape index (κ3) is 2.38. The molecule has 3 aromatic rings. The van der Waals surface area contributed by atoms with Gasteiger partial charge in [-0.1, -0.05) is 60.1 Å². The van der Waals surface area contributed by atoms with Crippen molar-refractivity contribution in [2.75, 3.05) is 0 Å². The van der Waals surface area contributed by atoms with E-state index in [0.717, 1.165) is 10.8 Å². The van der Waals surface area contributed by atoms with Crippen LogP contribution in [0.25, 0.3) is 10.8 Å². The van der Waals surface area contributed by atoms with E-state index in [2.05, 4.69) is 0 Å². The minimum Gasteiger partial charge on any atom is -0.421 e. The van der Waals surface area contributed by atoms with Gasteiger partial charge in [0.05, 0.1) is 10.6 Å². The van der Waals surface area contributed by atoms with E-state index in [9.17, 15) is 4.79 Å². The molecule has 0 aromatic heterocycles. The van der Waals surface area contributed by atoms with Crippen molar-refractivity contribution in [2.24, 2.45) is 0 Å². The molecule has 0 aliphatic rings. The van der Waals surface area contributed by atoms with E-state index in [4.69, 9.17) is 16.3 Å². The van der Waals surface area contributed by atoms with E-state index in [1.807, 2.05) is 36.4 Å². The second kappa shape index (κ2) is 5.35. The highest BCUT2D eigenvalue weighted by Crippen LogP contribution is 2.33. The molecule has 0 fully saturated rings. The molecule has 0 spiro atoms. The smallest absolute Gasteiger partial charge is 0.343 e. The van der Waals surface area contributed by atoms with E-state index in [1.54, 1.807) is 30.3 Å². The summed E-state index contributed by atoms with van der Waals surface area (Å²) in [6.45, 7) is 0. The summed E-state index contributed by atoms with van der Waals surface area (Å²) in [6, 6.07) is 20.1. The summed E-state index contributed by atoms with van der Waals surface area (Å²) < 4.78 is 5.37. The van der Waals surface area contributed by atoms with Crippen molar-refractivity contribution in [3.8, 4) is 5.75 Å². The SMILES string of the molecule is O=C(Oc1ccc2ccccc2c1Cl)c1ccccc1. The summed E-state index contributed by atoms with van der Waals surface area (Å²) >= 11 is 6.30. The van der Waals surface area contributed by atoms with E-state index in [1.165, 1.54) is 0 Å². The number of halogens is 1. The van der Waals surface area contributed by atoms with Gasteiger partial charge in [-0.05, 0) is 23.6 Å². The zero-order valence-electron chi connectivity index (χ0n) is 10.5. The topological polar surface area (TPSA) is 26.3 Å². The largest absolute Gasteiger partial charge is 0.421 e. The number of benzene rings is 3. The molecule has 98 valence electrons.